The summed E-state index contributed by atoms with van der Waals surface area (Å²) in [5, 5.41) is 9.01. The van der Waals surface area contributed by atoms with Crippen LogP contribution < -0.4 is 0 Å². The molecule has 1 N–H and O–H groups in total. The number of aliphatic hydroxyl groups is 1. The molecule has 0 aromatic carbocycles. The van der Waals surface area contributed by atoms with Crippen molar-refractivity contribution in [3.05, 3.63) is 12.2 Å². The Labute approximate surface area is 94.0 Å². The van der Waals surface area contributed by atoms with Crippen LogP contribution in [0.2, 0.25) is 0 Å². The van der Waals surface area contributed by atoms with E-state index >= 15 is 0 Å². The molecule has 2 heteroatoms. The Kier molecular flexibility index (Phi) is 6.69. The first-order valence-corrected chi connectivity index (χ1v) is 6.35. The molecule has 1 atom stereocenters. The van der Waals surface area contributed by atoms with E-state index in [1.165, 1.54) is 38.6 Å². The number of allylic oxidation sites excluding steroid dienone is 2. The zero-order chi connectivity index (χ0) is 10.9. The lowest BCUT2D eigenvalue weighted by Crippen LogP contribution is -2.33. The van der Waals surface area contributed by atoms with Gasteiger partial charge in [-0.3, -0.25) is 0 Å². The zero-order valence-electron chi connectivity index (χ0n) is 9.99. The summed E-state index contributed by atoms with van der Waals surface area (Å²) < 4.78 is 0. The Balaban J connectivity index is 2.25. The highest BCUT2D eigenvalue weighted by molar-refractivity contribution is 4.90. The predicted octanol–water partition coefficient (Wildman–Crippen LogP) is 2.44. The van der Waals surface area contributed by atoms with Gasteiger partial charge in [-0.2, -0.15) is 0 Å². The fourth-order valence-corrected chi connectivity index (χ4v) is 2.20. The summed E-state index contributed by atoms with van der Waals surface area (Å²) in [7, 11) is 0. The molecule has 0 radical (unpaired) electrons. The summed E-state index contributed by atoms with van der Waals surface area (Å²) >= 11 is 0. The molecule has 0 amide bonds. The van der Waals surface area contributed by atoms with Gasteiger partial charge in [-0.05, 0) is 38.1 Å². The van der Waals surface area contributed by atoms with Gasteiger partial charge in [0.15, 0.2) is 0 Å². The molecular formula is C13H25NO. The minimum atomic E-state index is 0.298. The van der Waals surface area contributed by atoms with Crippen molar-refractivity contribution in [2.75, 3.05) is 26.2 Å². The normalized spacial score (nSPS) is 21.1. The van der Waals surface area contributed by atoms with Crippen molar-refractivity contribution in [3.8, 4) is 0 Å². The second-order valence-electron chi connectivity index (χ2n) is 4.53. The number of hydrogen-bond donors (Lipinski definition) is 1. The van der Waals surface area contributed by atoms with Gasteiger partial charge in [-0.1, -0.05) is 25.5 Å². The first-order valence-electron chi connectivity index (χ1n) is 6.35. The monoisotopic (exact) mass is 211 g/mol. The maximum absolute atomic E-state index is 9.01. The van der Waals surface area contributed by atoms with E-state index in [1.807, 2.05) is 0 Å². The van der Waals surface area contributed by atoms with Crippen LogP contribution in [0.25, 0.3) is 0 Å². The summed E-state index contributed by atoms with van der Waals surface area (Å²) in [6, 6.07) is 0. The van der Waals surface area contributed by atoms with Gasteiger partial charge in [0.2, 0.25) is 0 Å². The first kappa shape index (κ1) is 12.7. The van der Waals surface area contributed by atoms with Crippen molar-refractivity contribution in [2.45, 2.75) is 39.0 Å². The molecule has 0 aromatic heterocycles. The number of unbranched alkanes of at least 4 members (excludes halogenated alkanes) is 1. The van der Waals surface area contributed by atoms with Gasteiger partial charge < -0.3 is 10.0 Å². The molecule has 0 fully saturated rings. The zero-order valence-corrected chi connectivity index (χ0v) is 9.99. The molecule has 2 nitrogen and oxygen atoms in total. The van der Waals surface area contributed by atoms with E-state index in [1.54, 1.807) is 0 Å². The van der Waals surface area contributed by atoms with E-state index in [4.69, 9.17) is 5.11 Å². The number of rotatable bonds is 7. The van der Waals surface area contributed by atoms with Crippen molar-refractivity contribution in [1.29, 1.82) is 0 Å². The van der Waals surface area contributed by atoms with Gasteiger partial charge in [0.1, 0.15) is 0 Å². The fraction of sp³-hybridized carbons (Fsp3) is 0.846. The van der Waals surface area contributed by atoms with E-state index in [2.05, 4.69) is 24.0 Å². The Bertz CT molecular complexity index is 179. The summed E-state index contributed by atoms with van der Waals surface area (Å²) in [4.78, 5) is 2.42. The lowest BCUT2D eigenvalue weighted by Gasteiger charge is -2.27. The van der Waals surface area contributed by atoms with Crippen LogP contribution in [0.5, 0.6) is 0 Å². The molecule has 1 unspecified atom stereocenters. The molecule has 0 heterocycles. The molecule has 0 saturated carbocycles. The lowest BCUT2D eigenvalue weighted by atomic mass is 9.94. The standard InChI is InChI=1S/C13H25NO/c1-2-3-9-14(10-11-15)12-13-7-5-4-6-8-13/h4-5,13,15H,2-3,6-12H2,1H3. The van der Waals surface area contributed by atoms with Gasteiger partial charge in [0.05, 0.1) is 6.61 Å². The Hall–Kier alpha value is -0.340. The highest BCUT2D eigenvalue weighted by atomic mass is 16.3. The van der Waals surface area contributed by atoms with Crippen molar-refractivity contribution < 1.29 is 5.11 Å². The van der Waals surface area contributed by atoms with Crippen molar-refractivity contribution in [1.82, 2.24) is 4.90 Å². The van der Waals surface area contributed by atoms with E-state index in [0.717, 1.165) is 19.0 Å². The molecule has 0 aliphatic heterocycles. The van der Waals surface area contributed by atoms with E-state index in [9.17, 15) is 0 Å². The maximum atomic E-state index is 9.01. The van der Waals surface area contributed by atoms with Crippen molar-refractivity contribution in [2.24, 2.45) is 5.92 Å². The predicted molar refractivity (Wildman–Crippen MR) is 64.9 cm³/mol. The third-order valence-electron chi connectivity index (χ3n) is 3.14. The summed E-state index contributed by atoms with van der Waals surface area (Å²) in [5.74, 6) is 0.818. The average Bonchev–Trinajstić information content (AvgIpc) is 2.28. The maximum Gasteiger partial charge on any atom is 0.0558 e. The summed E-state index contributed by atoms with van der Waals surface area (Å²) in [6.07, 6.45) is 10.9. The third-order valence-corrected chi connectivity index (χ3v) is 3.14. The fourth-order valence-electron chi connectivity index (χ4n) is 2.20. The lowest BCUT2D eigenvalue weighted by molar-refractivity contribution is 0.169. The quantitative estimate of drug-likeness (QED) is 0.654. The van der Waals surface area contributed by atoms with Crippen LogP contribution in [0.15, 0.2) is 12.2 Å². The smallest absolute Gasteiger partial charge is 0.0558 e. The van der Waals surface area contributed by atoms with Crippen molar-refractivity contribution in [3.63, 3.8) is 0 Å². The molecule has 88 valence electrons. The molecule has 1 aliphatic rings. The van der Waals surface area contributed by atoms with Gasteiger partial charge in [0.25, 0.3) is 0 Å². The molecule has 0 spiro atoms. The molecular weight excluding hydrogens is 186 g/mol. The number of hydrogen-bond acceptors (Lipinski definition) is 2. The average molecular weight is 211 g/mol. The SMILES string of the molecule is CCCCN(CCO)CC1CC=CCC1. The molecule has 0 bridgehead atoms. The molecule has 15 heavy (non-hydrogen) atoms. The largest absolute Gasteiger partial charge is 0.395 e. The molecule has 1 rings (SSSR count). The molecule has 0 aromatic rings. The summed E-state index contributed by atoms with van der Waals surface area (Å²) in [6.45, 7) is 5.69. The second kappa shape index (κ2) is 7.89. The molecule has 1 aliphatic carbocycles. The van der Waals surface area contributed by atoms with Gasteiger partial charge in [-0.25, -0.2) is 0 Å². The van der Waals surface area contributed by atoms with Crippen LogP contribution >= 0.6 is 0 Å². The number of aliphatic hydroxyl groups excluding tert-OH is 1. The number of nitrogens with zero attached hydrogens (tertiary/aromatic N) is 1. The van der Waals surface area contributed by atoms with E-state index < -0.39 is 0 Å². The summed E-state index contributed by atoms with van der Waals surface area (Å²) in [5.41, 5.74) is 0. The Morgan fingerprint density at radius 3 is 2.80 bits per heavy atom. The highest BCUT2D eigenvalue weighted by Gasteiger charge is 2.14. The van der Waals surface area contributed by atoms with Crippen LogP contribution in [-0.2, 0) is 0 Å². The Morgan fingerprint density at radius 2 is 2.20 bits per heavy atom. The third kappa shape index (κ3) is 5.33. The van der Waals surface area contributed by atoms with Crippen LogP contribution in [-0.4, -0.2) is 36.2 Å². The minimum Gasteiger partial charge on any atom is -0.395 e. The van der Waals surface area contributed by atoms with Gasteiger partial charge in [0, 0.05) is 13.1 Å². The van der Waals surface area contributed by atoms with E-state index in [0.29, 0.717) is 6.61 Å². The van der Waals surface area contributed by atoms with Crippen LogP contribution in [0, 0.1) is 5.92 Å². The Morgan fingerprint density at radius 1 is 1.33 bits per heavy atom. The van der Waals surface area contributed by atoms with Crippen LogP contribution in [0.3, 0.4) is 0 Å². The first-order chi connectivity index (χ1) is 7.36. The van der Waals surface area contributed by atoms with Gasteiger partial charge >= 0.3 is 0 Å². The molecule has 0 saturated heterocycles. The van der Waals surface area contributed by atoms with Crippen LogP contribution in [0.1, 0.15) is 39.0 Å². The topological polar surface area (TPSA) is 23.5 Å². The second-order valence-corrected chi connectivity index (χ2v) is 4.53. The highest BCUT2D eigenvalue weighted by Crippen LogP contribution is 2.19. The van der Waals surface area contributed by atoms with E-state index in [-0.39, 0.29) is 0 Å². The van der Waals surface area contributed by atoms with Crippen molar-refractivity contribution >= 4 is 0 Å². The minimum absolute atomic E-state index is 0.298. The van der Waals surface area contributed by atoms with Crippen LogP contribution in [0.4, 0.5) is 0 Å². The van der Waals surface area contributed by atoms with Gasteiger partial charge in [-0.15, -0.1) is 0 Å².